The third kappa shape index (κ3) is 7.56. The molecule has 0 bridgehead atoms. The summed E-state index contributed by atoms with van der Waals surface area (Å²) < 4.78 is 30.2. The average Bonchev–Trinajstić information content (AvgIpc) is 2.98. The van der Waals surface area contributed by atoms with E-state index >= 15 is 0 Å². The zero-order chi connectivity index (χ0) is 29.4. The van der Waals surface area contributed by atoms with Gasteiger partial charge in [-0.05, 0) is 72.8 Å². The maximum absolute atomic E-state index is 6.13. The smallest absolute Gasteiger partial charge is 0.131 e. The van der Waals surface area contributed by atoms with Crippen molar-refractivity contribution in [2.24, 2.45) is 0 Å². The van der Waals surface area contributed by atoms with Crippen LogP contribution >= 0.6 is 0 Å². The van der Waals surface area contributed by atoms with Crippen molar-refractivity contribution in [3.63, 3.8) is 0 Å². The maximum atomic E-state index is 6.13. The van der Waals surface area contributed by atoms with Crippen molar-refractivity contribution in [2.45, 2.75) is 0 Å². The van der Waals surface area contributed by atoms with Crippen molar-refractivity contribution in [3.8, 4) is 57.5 Å². The fourth-order valence-electron chi connectivity index (χ4n) is 4.24. The molecular formula is C36H28N2O5. The number of nitrogens with two attached hydrogens (primary N) is 2. The Morgan fingerprint density at radius 2 is 0.442 bits per heavy atom. The molecule has 0 radical (unpaired) electrons. The van der Waals surface area contributed by atoms with E-state index < -0.39 is 0 Å². The molecule has 0 atom stereocenters. The SMILES string of the molecule is Nc1cccc(Oc2cccc(Oc3cccc(Oc4cccc(Oc5cccc(Oc6cccc(N)c6)c5)c4)c3)c2)c1. The van der Waals surface area contributed by atoms with E-state index in [1.807, 2.05) is 133 Å². The molecule has 0 unspecified atom stereocenters. The van der Waals surface area contributed by atoms with Crippen molar-refractivity contribution < 1.29 is 23.7 Å². The summed E-state index contributed by atoms with van der Waals surface area (Å²) in [7, 11) is 0. The van der Waals surface area contributed by atoms with E-state index in [0.29, 0.717) is 68.9 Å². The molecule has 4 N–H and O–H groups in total. The van der Waals surface area contributed by atoms with Crippen LogP contribution in [0.4, 0.5) is 11.4 Å². The second-order valence-corrected chi connectivity index (χ2v) is 9.55. The third-order valence-electron chi connectivity index (χ3n) is 6.12. The van der Waals surface area contributed by atoms with E-state index in [-0.39, 0.29) is 0 Å². The number of rotatable bonds is 10. The van der Waals surface area contributed by atoms with Crippen molar-refractivity contribution in [2.75, 3.05) is 11.5 Å². The molecule has 0 aliphatic carbocycles. The molecule has 0 saturated heterocycles. The maximum Gasteiger partial charge on any atom is 0.131 e. The number of ether oxygens (including phenoxy) is 5. The Morgan fingerprint density at radius 1 is 0.256 bits per heavy atom. The van der Waals surface area contributed by atoms with Gasteiger partial charge in [0.2, 0.25) is 0 Å². The van der Waals surface area contributed by atoms with Crippen LogP contribution in [-0.2, 0) is 0 Å². The molecule has 0 heterocycles. The van der Waals surface area contributed by atoms with Crippen LogP contribution in [0.3, 0.4) is 0 Å². The van der Waals surface area contributed by atoms with E-state index in [1.54, 1.807) is 12.1 Å². The quantitative estimate of drug-likeness (QED) is 0.159. The molecule has 0 aliphatic rings. The lowest BCUT2D eigenvalue weighted by molar-refractivity contribution is 0.445. The van der Waals surface area contributed by atoms with Crippen LogP contribution in [0.25, 0.3) is 0 Å². The van der Waals surface area contributed by atoms with E-state index in [1.165, 1.54) is 0 Å². The Kier molecular flexibility index (Phi) is 7.95. The first-order chi connectivity index (χ1) is 21.0. The van der Waals surface area contributed by atoms with Gasteiger partial charge in [0.15, 0.2) is 0 Å². The second kappa shape index (κ2) is 12.6. The van der Waals surface area contributed by atoms with Crippen molar-refractivity contribution in [3.05, 3.63) is 146 Å². The van der Waals surface area contributed by atoms with Crippen LogP contribution in [0, 0.1) is 0 Å². The highest BCUT2D eigenvalue weighted by molar-refractivity contribution is 5.48. The molecule has 6 rings (SSSR count). The fraction of sp³-hybridized carbons (Fsp3) is 0. The lowest BCUT2D eigenvalue weighted by atomic mass is 10.3. The van der Waals surface area contributed by atoms with Crippen molar-refractivity contribution in [1.29, 1.82) is 0 Å². The van der Waals surface area contributed by atoms with Crippen LogP contribution in [0.15, 0.2) is 146 Å². The van der Waals surface area contributed by atoms with E-state index in [2.05, 4.69) is 0 Å². The van der Waals surface area contributed by atoms with Gasteiger partial charge in [-0.3, -0.25) is 0 Å². The third-order valence-corrected chi connectivity index (χ3v) is 6.12. The highest BCUT2D eigenvalue weighted by Crippen LogP contribution is 2.34. The highest BCUT2D eigenvalue weighted by Gasteiger charge is 2.07. The fourth-order valence-corrected chi connectivity index (χ4v) is 4.24. The predicted molar refractivity (Wildman–Crippen MR) is 168 cm³/mol. The Balaban J connectivity index is 1.10. The van der Waals surface area contributed by atoms with Gasteiger partial charge in [0.05, 0.1) is 0 Å². The van der Waals surface area contributed by atoms with Gasteiger partial charge in [0, 0.05) is 47.8 Å². The summed E-state index contributed by atoms with van der Waals surface area (Å²) in [6, 6.07) is 44.1. The van der Waals surface area contributed by atoms with Gasteiger partial charge in [-0.15, -0.1) is 0 Å². The van der Waals surface area contributed by atoms with Crippen LogP contribution in [-0.4, -0.2) is 0 Å². The van der Waals surface area contributed by atoms with Gasteiger partial charge in [0.1, 0.15) is 57.5 Å². The first-order valence-corrected chi connectivity index (χ1v) is 13.5. The molecule has 0 amide bonds. The first kappa shape index (κ1) is 27.1. The largest absolute Gasteiger partial charge is 0.457 e. The Morgan fingerprint density at radius 3 is 0.651 bits per heavy atom. The second-order valence-electron chi connectivity index (χ2n) is 9.55. The van der Waals surface area contributed by atoms with Gasteiger partial charge in [-0.1, -0.05) is 36.4 Å². The van der Waals surface area contributed by atoms with Crippen molar-refractivity contribution >= 4 is 11.4 Å². The number of nitrogen functional groups attached to an aromatic ring is 2. The molecule has 7 heteroatoms. The van der Waals surface area contributed by atoms with Crippen LogP contribution in [0.2, 0.25) is 0 Å². The minimum absolute atomic E-state index is 0.611. The summed E-state index contributed by atoms with van der Waals surface area (Å²) in [5.41, 5.74) is 13.0. The van der Waals surface area contributed by atoms with E-state index in [4.69, 9.17) is 35.2 Å². The molecule has 0 fully saturated rings. The standard InChI is InChI=1S/C36H28N2O5/c37-25-7-1-9-27(19-25)39-29-11-3-13-31(21-29)41-33-15-5-17-35(23-33)43-36-18-6-16-34(24-36)42-32-14-4-12-30(22-32)40-28-10-2-8-26(38)20-28/h1-24H,37-38H2. The topological polar surface area (TPSA) is 98.2 Å². The van der Waals surface area contributed by atoms with E-state index in [0.717, 1.165) is 0 Å². The normalized spacial score (nSPS) is 10.5. The molecule has 0 aliphatic heterocycles. The van der Waals surface area contributed by atoms with Crippen LogP contribution in [0.1, 0.15) is 0 Å². The summed E-state index contributed by atoms with van der Waals surface area (Å²) in [6.45, 7) is 0. The average molecular weight is 569 g/mol. The first-order valence-electron chi connectivity index (χ1n) is 13.5. The molecule has 6 aromatic rings. The van der Waals surface area contributed by atoms with Crippen LogP contribution < -0.4 is 35.2 Å². The van der Waals surface area contributed by atoms with Gasteiger partial charge in [0.25, 0.3) is 0 Å². The minimum atomic E-state index is 0.611. The molecule has 7 nitrogen and oxygen atoms in total. The van der Waals surface area contributed by atoms with Gasteiger partial charge >= 0.3 is 0 Å². The monoisotopic (exact) mass is 568 g/mol. The summed E-state index contributed by atoms with van der Waals surface area (Å²) in [6.07, 6.45) is 0. The zero-order valence-corrected chi connectivity index (χ0v) is 23.1. The minimum Gasteiger partial charge on any atom is -0.457 e. The van der Waals surface area contributed by atoms with Gasteiger partial charge < -0.3 is 35.2 Å². The number of benzene rings is 6. The molecule has 0 aromatic heterocycles. The number of hydrogen-bond acceptors (Lipinski definition) is 7. The predicted octanol–water partition coefficient (Wildman–Crippen LogP) is 9.81. The summed E-state index contributed by atoms with van der Waals surface area (Å²) in [5.74, 6) is 6.26. The molecular weight excluding hydrogens is 540 g/mol. The van der Waals surface area contributed by atoms with Crippen molar-refractivity contribution in [1.82, 2.24) is 0 Å². The van der Waals surface area contributed by atoms with Gasteiger partial charge in [-0.25, -0.2) is 0 Å². The Hall–Kier alpha value is -6.08. The summed E-state index contributed by atoms with van der Waals surface area (Å²) in [4.78, 5) is 0. The Bertz CT molecular complexity index is 1720. The lowest BCUT2D eigenvalue weighted by Gasteiger charge is -2.12. The lowest BCUT2D eigenvalue weighted by Crippen LogP contribution is -1.90. The molecule has 6 aromatic carbocycles. The molecule has 212 valence electrons. The molecule has 43 heavy (non-hydrogen) atoms. The number of hydrogen-bond donors (Lipinski definition) is 2. The number of anilines is 2. The van der Waals surface area contributed by atoms with E-state index in [9.17, 15) is 0 Å². The zero-order valence-electron chi connectivity index (χ0n) is 23.1. The highest BCUT2D eigenvalue weighted by atomic mass is 16.5. The molecule has 0 saturated carbocycles. The van der Waals surface area contributed by atoms with Crippen LogP contribution in [0.5, 0.6) is 57.5 Å². The summed E-state index contributed by atoms with van der Waals surface area (Å²) in [5, 5.41) is 0. The Labute approximate surface area is 249 Å². The molecule has 0 spiro atoms. The van der Waals surface area contributed by atoms with Gasteiger partial charge in [-0.2, -0.15) is 0 Å². The summed E-state index contributed by atoms with van der Waals surface area (Å²) >= 11 is 0.